The van der Waals surface area contributed by atoms with Crippen molar-refractivity contribution in [2.24, 2.45) is 0 Å². The van der Waals surface area contributed by atoms with Crippen molar-refractivity contribution in [2.45, 2.75) is 39.7 Å². The van der Waals surface area contributed by atoms with Gasteiger partial charge in [-0.15, -0.1) is 0 Å². The Labute approximate surface area is 112 Å². The molecule has 6 nitrogen and oxygen atoms in total. The summed E-state index contributed by atoms with van der Waals surface area (Å²) in [5, 5.41) is 0. The van der Waals surface area contributed by atoms with E-state index in [2.05, 4.69) is 9.97 Å². The molecule has 1 unspecified atom stereocenters. The van der Waals surface area contributed by atoms with Gasteiger partial charge in [0.15, 0.2) is 0 Å². The van der Waals surface area contributed by atoms with E-state index in [1.807, 2.05) is 13.8 Å². The number of aromatic amines is 1. The van der Waals surface area contributed by atoms with E-state index in [0.717, 1.165) is 12.8 Å². The highest BCUT2D eigenvalue weighted by atomic mass is 16.5. The third-order valence-corrected chi connectivity index (χ3v) is 2.54. The number of hydrogen-bond donors (Lipinski definition) is 1. The molecule has 1 rings (SSSR count). The Balaban J connectivity index is 2.97. The molecule has 1 aromatic heterocycles. The van der Waals surface area contributed by atoms with E-state index in [-0.39, 0.29) is 18.3 Å². The number of esters is 1. The molecule has 1 heterocycles. The van der Waals surface area contributed by atoms with Crippen molar-refractivity contribution in [3.05, 3.63) is 27.9 Å². The van der Waals surface area contributed by atoms with Gasteiger partial charge in [0.2, 0.25) is 0 Å². The van der Waals surface area contributed by atoms with Crippen LogP contribution in [0.1, 0.15) is 55.9 Å². The van der Waals surface area contributed by atoms with E-state index in [4.69, 9.17) is 9.47 Å². The van der Waals surface area contributed by atoms with Crippen molar-refractivity contribution in [1.29, 1.82) is 0 Å². The number of aromatic nitrogens is 2. The summed E-state index contributed by atoms with van der Waals surface area (Å²) < 4.78 is 10.3. The van der Waals surface area contributed by atoms with Gasteiger partial charge in [0.25, 0.3) is 5.56 Å². The van der Waals surface area contributed by atoms with Crippen LogP contribution in [0.25, 0.3) is 0 Å². The fraction of sp³-hybridized carbons (Fsp3) is 0.615. The van der Waals surface area contributed by atoms with Crippen molar-refractivity contribution in [3.63, 3.8) is 0 Å². The second-order valence-electron chi connectivity index (χ2n) is 3.96. The molecule has 1 N–H and O–H groups in total. The van der Waals surface area contributed by atoms with Crippen LogP contribution in [-0.4, -0.2) is 29.2 Å². The first-order chi connectivity index (χ1) is 9.13. The lowest BCUT2D eigenvalue weighted by molar-refractivity contribution is 0.0479. The zero-order valence-corrected chi connectivity index (χ0v) is 11.6. The summed E-state index contributed by atoms with van der Waals surface area (Å²) in [7, 11) is 0. The first kappa shape index (κ1) is 15.4. The molecule has 0 bridgehead atoms. The molecule has 1 atom stereocenters. The molecule has 0 aromatic carbocycles. The van der Waals surface area contributed by atoms with Crippen LogP contribution >= 0.6 is 0 Å². The average molecular weight is 268 g/mol. The van der Waals surface area contributed by atoms with E-state index in [1.165, 1.54) is 6.20 Å². The molecule has 1 aromatic rings. The molecule has 106 valence electrons. The highest BCUT2D eigenvalue weighted by Crippen LogP contribution is 2.18. The maximum Gasteiger partial charge on any atom is 0.345 e. The van der Waals surface area contributed by atoms with Crippen LogP contribution in [-0.2, 0) is 9.47 Å². The number of nitrogens with one attached hydrogen (secondary N) is 1. The molecular formula is C13H20N2O4. The van der Waals surface area contributed by atoms with E-state index in [9.17, 15) is 9.59 Å². The molecule has 0 spiro atoms. The number of hydrogen-bond acceptors (Lipinski definition) is 5. The standard InChI is InChI=1S/C13H20N2O4/c1-4-7-10(18-5-2)11-14-8-9(12(16)15-11)13(17)19-6-3/h8,10H,4-7H2,1-3H3,(H,14,15,16). The van der Waals surface area contributed by atoms with E-state index < -0.39 is 11.5 Å². The summed E-state index contributed by atoms with van der Waals surface area (Å²) >= 11 is 0. The predicted molar refractivity (Wildman–Crippen MR) is 70.1 cm³/mol. The highest BCUT2D eigenvalue weighted by Gasteiger charge is 2.17. The minimum absolute atomic E-state index is 0.0858. The second-order valence-corrected chi connectivity index (χ2v) is 3.96. The van der Waals surface area contributed by atoms with Crippen LogP contribution in [0.5, 0.6) is 0 Å². The molecule has 0 saturated heterocycles. The Morgan fingerprint density at radius 3 is 2.63 bits per heavy atom. The third-order valence-electron chi connectivity index (χ3n) is 2.54. The molecule has 6 heteroatoms. The van der Waals surface area contributed by atoms with Gasteiger partial charge in [-0.1, -0.05) is 13.3 Å². The summed E-state index contributed by atoms with van der Waals surface area (Å²) in [6.45, 7) is 6.34. The lowest BCUT2D eigenvalue weighted by atomic mass is 10.2. The average Bonchev–Trinajstić information content (AvgIpc) is 2.38. The molecule has 19 heavy (non-hydrogen) atoms. The molecule has 0 saturated carbocycles. The van der Waals surface area contributed by atoms with Gasteiger partial charge >= 0.3 is 5.97 Å². The lowest BCUT2D eigenvalue weighted by Gasteiger charge is -2.15. The maximum absolute atomic E-state index is 11.8. The molecule has 0 radical (unpaired) electrons. The fourth-order valence-corrected chi connectivity index (χ4v) is 1.69. The lowest BCUT2D eigenvalue weighted by Crippen LogP contribution is -2.23. The fourth-order valence-electron chi connectivity index (χ4n) is 1.69. The van der Waals surface area contributed by atoms with Gasteiger partial charge in [-0.25, -0.2) is 9.78 Å². The highest BCUT2D eigenvalue weighted by molar-refractivity contribution is 5.88. The van der Waals surface area contributed by atoms with Crippen LogP contribution in [0.15, 0.2) is 11.0 Å². The Bertz CT molecular complexity index is 464. The van der Waals surface area contributed by atoms with E-state index in [1.54, 1.807) is 6.92 Å². The second kappa shape index (κ2) is 7.68. The summed E-state index contributed by atoms with van der Waals surface area (Å²) in [5.41, 5.74) is -0.582. The van der Waals surface area contributed by atoms with Crippen molar-refractivity contribution in [1.82, 2.24) is 9.97 Å². The SMILES string of the molecule is CCCC(OCC)c1ncc(C(=O)OCC)c(=O)[nH]1. The van der Waals surface area contributed by atoms with Crippen molar-refractivity contribution >= 4 is 5.97 Å². The largest absolute Gasteiger partial charge is 0.462 e. The van der Waals surface area contributed by atoms with Crippen LogP contribution in [0.3, 0.4) is 0 Å². The molecule has 0 amide bonds. The first-order valence-corrected chi connectivity index (χ1v) is 6.51. The molecule has 0 aliphatic carbocycles. The number of rotatable bonds is 7. The molecular weight excluding hydrogens is 248 g/mol. The summed E-state index contributed by atoms with van der Waals surface area (Å²) in [4.78, 5) is 30.0. The normalized spacial score (nSPS) is 12.2. The molecule has 0 aliphatic heterocycles. The minimum atomic E-state index is -0.661. The Hall–Kier alpha value is -1.69. The summed E-state index contributed by atoms with van der Waals surface area (Å²) in [6.07, 6.45) is 2.66. The van der Waals surface area contributed by atoms with Gasteiger partial charge < -0.3 is 14.5 Å². The first-order valence-electron chi connectivity index (χ1n) is 6.51. The quantitative estimate of drug-likeness (QED) is 0.763. The Morgan fingerprint density at radius 2 is 2.11 bits per heavy atom. The third kappa shape index (κ3) is 4.17. The van der Waals surface area contributed by atoms with Gasteiger partial charge in [-0.3, -0.25) is 4.79 Å². The topological polar surface area (TPSA) is 81.3 Å². The number of carbonyl (C=O) groups excluding carboxylic acids is 1. The molecule has 0 fully saturated rings. The van der Waals surface area contributed by atoms with Gasteiger partial charge in [0.05, 0.1) is 6.61 Å². The van der Waals surface area contributed by atoms with Crippen molar-refractivity contribution in [2.75, 3.05) is 13.2 Å². The number of ether oxygens (including phenoxy) is 2. The van der Waals surface area contributed by atoms with Gasteiger partial charge in [-0.2, -0.15) is 0 Å². The Morgan fingerprint density at radius 1 is 1.37 bits per heavy atom. The van der Waals surface area contributed by atoms with Crippen LogP contribution in [0.4, 0.5) is 0 Å². The van der Waals surface area contributed by atoms with E-state index in [0.29, 0.717) is 12.4 Å². The van der Waals surface area contributed by atoms with Gasteiger partial charge in [0.1, 0.15) is 17.5 Å². The Kier molecular flexibility index (Phi) is 6.21. The van der Waals surface area contributed by atoms with Crippen LogP contribution in [0, 0.1) is 0 Å². The van der Waals surface area contributed by atoms with Crippen molar-refractivity contribution < 1.29 is 14.3 Å². The van der Waals surface area contributed by atoms with E-state index >= 15 is 0 Å². The smallest absolute Gasteiger partial charge is 0.345 e. The minimum Gasteiger partial charge on any atom is -0.462 e. The van der Waals surface area contributed by atoms with Crippen LogP contribution in [0.2, 0.25) is 0 Å². The number of H-pyrrole nitrogens is 1. The number of nitrogens with zero attached hydrogens (tertiary/aromatic N) is 1. The maximum atomic E-state index is 11.8. The zero-order valence-electron chi connectivity index (χ0n) is 11.6. The predicted octanol–water partition coefficient (Wildman–Crippen LogP) is 1.82. The monoisotopic (exact) mass is 268 g/mol. The summed E-state index contributed by atoms with van der Waals surface area (Å²) in [6, 6.07) is 0. The molecule has 0 aliphatic rings. The van der Waals surface area contributed by atoms with Crippen molar-refractivity contribution in [3.8, 4) is 0 Å². The zero-order chi connectivity index (χ0) is 14.3. The van der Waals surface area contributed by atoms with Gasteiger partial charge in [0, 0.05) is 12.8 Å². The van der Waals surface area contributed by atoms with Gasteiger partial charge in [-0.05, 0) is 20.3 Å². The summed E-state index contributed by atoms with van der Waals surface area (Å²) in [5.74, 6) is -0.215. The van der Waals surface area contributed by atoms with Crippen LogP contribution < -0.4 is 5.56 Å². The number of carbonyl (C=O) groups is 1.